The molecule has 0 bridgehead atoms. The van der Waals surface area contributed by atoms with Gasteiger partial charge >= 0.3 is 0 Å². The van der Waals surface area contributed by atoms with Crippen LogP contribution in [0.2, 0.25) is 10.2 Å². The number of aliphatic hydroxyl groups excluding tert-OH is 1. The summed E-state index contributed by atoms with van der Waals surface area (Å²) in [6.07, 6.45) is 0. The quantitative estimate of drug-likeness (QED) is 0.931. The van der Waals surface area contributed by atoms with Crippen molar-refractivity contribution in [3.8, 4) is 0 Å². The molecule has 0 saturated carbocycles. The molecule has 1 heterocycles. The summed E-state index contributed by atoms with van der Waals surface area (Å²) in [6.45, 7) is 2.30. The fraction of sp³-hybridized carbons (Fsp3) is 0.250. The van der Waals surface area contributed by atoms with Crippen molar-refractivity contribution in [2.45, 2.75) is 20.1 Å². The highest BCUT2D eigenvalue weighted by Gasteiger charge is 2.12. The number of benzene rings is 1. The van der Waals surface area contributed by atoms with Gasteiger partial charge in [-0.05, 0) is 24.6 Å². The van der Waals surface area contributed by atoms with Gasteiger partial charge in [0, 0.05) is 10.6 Å². The lowest BCUT2D eigenvalue weighted by Gasteiger charge is -2.03. The van der Waals surface area contributed by atoms with E-state index < -0.39 is 0 Å². The molecule has 0 amide bonds. The van der Waals surface area contributed by atoms with Gasteiger partial charge in [0.2, 0.25) is 0 Å². The maximum Gasteiger partial charge on any atom is 0.133 e. The lowest BCUT2D eigenvalue weighted by Crippen LogP contribution is -2.02. The highest BCUT2D eigenvalue weighted by atomic mass is 35.5. The van der Waals surface area contributed by atoms with Crippen molar-refractivity contribution in [1.82, 2.24) is 9.78 Å². The van der Waals surface area contributed by atoms with Crippen LogP contribution in [0.15, 0.2) is 24.3 Å². The molecule has 1 aromatic carbocycles. The van der Waals surface area contributed by atoms with Crippen molar-refractivity contribution in [3.05, 3.63) is 51.3 Å². The van der Waals surface area contributed by atoms with Crippen molar-refractivity contribution in [1.29, 1.82) is 0 Å². The first-order valence-electron chi connectivity index (χ1n) is 5.19. The summed E-state index contributed by atoms with van der Waals surface area (Å²) in [5.74, 6) is 0. The molecule has 3 nitrogen and oxygen atoms in total. The van der Waals surface area contributed by atoms with Crippen LogP contribution in [0.1, 0.15) is 16.8 Å². The Kier molecular flexibility index (Phi) is 3.72. The Morgan fingerprint density at radius 2 is 1.88 bits per heavy atom. The standard InChI is InChI=1S/C12H12Cl2N2O/c1-8-11(7-17)12(14)16(15-8)6-9-2-4-10(13)5-3-9/h2-5,17H,6-7H2,1H3. The number of halogens is 2. The smallest absolute Gasteiger partial charge is 0.133 e. The first kappa shape index (κ1) is 12.4. The topological polar surface area (TPSA) is 38.0 Å². The Morgan fingerprint density at radius 1 is 1.24 bits per heavy atom. The van der Waals surface area contributed by atoms with Crippen LogP contribution < -0.4 is 0 Å². The molecule has 90 valence electrons. The Hall–Kier alpha value is -1.03. The number of aliphatic hydroxyl groups is 1. The van der Waals surface area contributed by atoms with Crippen molar-refractivity contribution >= 4 is 23.2 Å². The van der Waals surface area contributed by atoms with Gasteiger partial charge in [-0.15, -0.1) is 0 Å². The van der Waals surface area contributed by atoms with Gasteiger partial charge in [-0.3, -0.25) is 0 Å². The second kappa shape index (κ2) is 5.08. The molecule has 0 aliphatic heterocycles. The van der Waals surface area contributed by atoms with Crippen LogP contribution in [0.4, 0.5) is 0 Å². The fourth-order valence-electron chi connectivity index (χ4n) is 1.64. The molecule has 2 aromatic rings. The summed E-state index contributed by atoms with van der Waals surface area (Å²) in [4.78, 5) is 0. The van der Waals surface area contributed by atoms with Crippen LogP contribution in [-0.4, -0.2) is 14.9 Å². The van der Waals surface area contributed by atoms with Crippen LogP contribution in [0.25, 0.3) is 0 Å². The predicted molar refractivity (Wildman–Crippen MR) is 68.5 cm³/mol. The van der Waals surface area contributed by atoms with Crippen LogP contribution in [0.5, 0.6) is 0 Å². The highest BCUT2D eigenvalue weighted by molar-refractivity contribution is 6.30. The third kappa shape index (κ3) is 2.63. The van der Waals surface area contributed by atoms with Crippen LogP contribution >= 0.6 is 23.2 Å². The average molecular weight is 271 g/mol. The van der Waals surface area contributed by atoms with Crippen molar-refractivity contribution in [2.24, 2.45) is 0 Å². The first-order valence-corrected chi connectivity index (χ1v) is 5.94. The molecule has 1 N–H and O–H groups in total. The Morgan fingerprint density at radius 3 is 2.41 bits per heavy atom. The van der Waals surface area contributed by atoms with Crippen molar-refractivity contribution in [3.63, 3.8) is 0 Å². The molecule has 0 fully saturated rings. The van der Waals surface area contributed by atoms with E-state index >= 15 is 0 Å². The number of aromatic nitrogens is 2. The highest BCUT2D eigenvalue weighted by Crippen LogP contribution is 2.21. The molecule has 0 radical (unpaired) electrons. The van der Waals surface area contributed by atoms with E-state index in [0.717, 1.165) is 11.3 Å². The van der Waals surface area contributed by atoms with E-state index in [9.17, 15) is 0 Å². The van der Waals surface area contributed by atoms with Gasteiger partial charge < -0.3 is 5.11 Å². The van der Waals surface area contributed by atoms with Gasteiger partial charge in [0.25, 0.3) is 0 Å². The molecule has 0 atom stereocenters. The largest absolute Gasteiger partial charge is 0.391 e. The molecule has 0 aliphatic rings. The van der Waals surface area contributed by atoms with Crippen LogP contribution in [-0.2, 0) is 13.2 Å². The number of hydrogen-bond acceptors (Lipinski definition) is 2. The Labute approximate surface area is 110 Å². The average Bonchev–Trinajstić information content (AvgIpc) is 2.57. The lowest BCUT2D eigenvalue weighted by molar-refractivity contribution is 0.281. The van der Waals surface area contributed by atoms with E-state index in [1.54, 1.807) is 4.68 Å². The van der Waals surface area contributed by atoms with Gasteiger partial charge in [0.1, 0.15) is 5.15 Å². The third-order valence-corrected chi connectivity index (χ3v) is 3.26. The SMILES string of the molecule is Cc1nn(Cc2ccc(Cl)cc2)c(Cl)c1CO. The summed E-state index contributed by atoms with van der Waals surface area (Å²) in [5, 5.41) is 14.6. The summed E-state index contributed by atoms with van der Waals surface area (Å²) < 4.78 is 1.67. The molecular formula is C12H12Cl2N2O. The van der Waals surface area contributed by atoms with Crippen LogP contribution in [0, 0.1) is 6.92 Å². The van der Waals surface area contributed by atoms with Gasteiger partial charge in [-0.25, -0.2) is 4.68 Å². The normalized spacial score (nSPS) is 10.8. The maximum absolute atomic E-state index is 9.16. The monoisotopic (exact) mass is 270 g/mol. The zero-order valence-electron chi connectivity index (χ0n) is 9.32. The number of aryl methyl sites for hydroxylation is 1. The van der Waals surface area contributed by atoms with Gasteiger partial charge in [0.15, 0.2) is 0 Å². The van der Waals surface area contributed by atoms with Gasteiger partial charge in [0.05, 0.1) is 18.8 Å². The second-order valence-corrected chi connectivity index (χ2v) is 4.59. The van der Waals surface area contributed by atoms with Gasteiger partial charge in [-0.2, -0.15) is 5.10 Å². The maximum atomic E-state index is 9.16. The van der Waals surface area contributed by atoms with E-state index in [4.69, 9.17) is 28.3 Å². The van der Waals surface area contributed by atoms with E-state index in [0.29, 0.717) is 22.3 Å². The predicted octanol–water partition coefficient (Wildman–Crippen LogP) is 3.04. The third-order valence-electron chi connectivity index (χ3n) is 2.59. The molecule has 17 heavy (non-hydrogen) atoms. The van der Waals surface area contributed by atoms with E-state index in [1.807, 2.05) is 31.2 Å². The minimum absolute atomic E-state index is 0.0920. The minimum Gasteiger partial charge on any atom is -0.391 e. The number of hydrogen-bond donors (Lipinski definition) is 1. The molecule has 0 aliphatic carbocycles. The number of nitrogens with zero attached hydrogens (tertiary/aromatic N) is 2. The molecule has 0 spiro atoms. The number of rotatable bonds is 3. The zero-order valence-corrected chi connectivity index (χ0v) is 10.8. The van der Waals surface area contributed by atoms with E-state index in [-0.39, 0.29) is 6.61 Å². The summed E-state index contributed by atoms with van der Waals surface area (Å²) in [7, 11) is 0. The Bertz CT molecular complexity index is 520. The van der Waals surface area contributed by atoms with Crippen molar-refractivity contribution < 1.29 is 5.11 Å². The summed E-state index contributed by atoms with van der Waals surface area (Å²) in [5.41, 5.74) is 2.50. The zero-order chi connectivity index (χ0) is 12.4. The molecular weight excluding hydrogens is 259 g/mol. The van der Waals surface area contributed by atoms with E-state index in [1.165, 1.54) is 0 Å². The van der Waals surface area contributed by atoms with E-state index in [2.05, 4.69) is 5.10 Å². The minimum atomic E-state index is -0.0920. The first-order chi connectivity index (χ1) is 8.11. The Balaban J connectivity index is 2.27. The second-order valence-electron chi connectivity index (χ2n) is 3.80. The van der Waals surface area contributed by atoms with Crippen LogP contribution in [0.3, 0.4) is 0 Å². The van der Waals surface area contributed by atoms with Crippen molar-refractivity contribution in [2.75, 3.05) is 0 Å². The lowest BCUT2D eigenvalue weighted by atomic mass is 10.2. The molecule has 0 unspecified atom stereocenters. The molecule has 5 heteroatoms. The molecule has 2 rings (SSSR count). The molecule has 1 aromatic heterocycles. The fourth-order valence-corrected chi connectivity index (χ4v) is 2.06. The summed E-state index contributed by atoms with van der Waals surface area (Å²) >= 11 is 11.9. The molecule has 0 saturated heterocycles. The van der Waals surface area contributed by atoms with Gasteiger partial charge in [-0.1, -0.05) is 35.3 Å². The summed E-state index contributed by atoms with van der Waals surface area (Å²) in [6, 6.07) is 7.50.